The summed E-state index contributed by atoms with van der Waals surface area (Å²) in [4.78, 5) is 28.9. The fraction of sp³-hybridized carbons (Fsp3) is 0.172. The van der Waals surface area contributed by atoms with Gasteiger partial charge in [0.15, 0.2) is 22.9 Å². The molecule has 8 heteroatoms. The third-order valence-corrected chi connectivity index (χ3v) is 6.70. The Kier molecular flexibility index (Phi) is 6.17. The molecular formula is C29H24ClNO6. The quantitative estimate of drug-likeness (QED) is 0.293. The molecule has 0 fully saturated rings. The fourth-order valence-electron chi connectivity index (χ4n) is 4.67. The van der Waals surface area contributed by atoms with E-state index in [1.165, 1.54) is 25.2 Å². The lowest BCUT2D eigenvalue weighted by Crippen LogP contribution is -2.31. The Balaban J connectivity index is 1.70. The summed E-state index contributed by atoms with van der Waals surface area (Å²) in [6, 6.07) is 16.6. The standard InChI is InChI=1S/C29H24ClNO6/c1-15-8-9-16(2)21(10-15)31-25(17-6-5-7-20(12-17)35-3)24(27(33)29(31)34)26(32)22-13-18-11-19(30)14-23(36-4)28(18)37-22/h5-14,25,33H,1-4H3. The first kappa shape index (κ1) is 24.5. The second kappa shape index (κ2) is 9.33. The van der Waals surface area contributed by atoms with Gasteiger partial charge in [0.05, 0.1) is 25.8 Å². The van der Waals surface area contributed by atoms with Crippen LogP contribution in [0.5, 0.6) is 11.5 Å². The molecule has 0 bridgehead atoms. The van der Waals surface area contributed by atoms with Gasteiger partial charge in [-0.2, -0.15) is 0 Å². The smallest absolute Gasteiger partial charge is 0.294 e. The van der Waals surface area contributed by atoms with Gasteiger partial charge in [-0.25, -0.2) is 0 Å². The zero-order chi connectivity index (χ0) is 26.4. The molecule has 188 valence electrons. The molecule has 1 aliphatic rings. The summed E-state index contributed by atoms with van der Waals surface area (Å²) < 4.78 is 16.6. The van der Waals surface area contributed by atoms with E-state index in [9.17, 15) is 14.7 Å². The number of methoxy groups -OCH3 is 2. The highest BCUT2D eigenvalue weighted by atomic mass is 35.5. The van der Waals surface area contributed by atoms with Crippen LogP contribution in [-0.2, 0) is 4.79 Å². The van der Waals surface area contributed by atoms with E-state index in [0.29, 0.717) is 38.7 Å². The Morgan fingerprint density at radius 1 is 1.03 bits per heavy atom. The molecule has 2 heterocycles. The average Bonchev–Trinajstić information content (AvgIpc) is 3.43. The summed E-state index contributed by atoms with van der Waals surface area (Å²) in [5.74, 6) is -1.08. The van der Waals surface area contributed by atoms with Gasteiger partial charge in [-0.05, 0) is 60.9 Å². The molecule has 1 amide bonds. The van der Waals surface area contributed by atoms with Crippen molar-refractivity contribution in [3.05, 3.63) is 99.5 Å². The van der Waals surface area contributed by atoms with E-state index in [2.05, 4.69) is 0 Å². The minimum absolute atomic E-state index is 0.0550. The van der Waals surface area contributed by atoms with E-state index < -0.39 is 23.5 Å². The van der Waals surface area contributed by atoms with E-state index in [-0.39, 0.29) is 11.3 Å². The van der Waals surface area contributed by atoms with Gasteiger partial charge < -0.3 is 19.0 Å². The van der Waals surface area contributed by atoms with Crippen LogP contribution in [0.4, 0.5) is 5.69 Å². The number of carbonyl (C=O) groups is 2. The van der Waals surface area contributed by atoms with Gasteiger partial charge in [0.1, 0.15) is 5.75 Å². The number of furan rings is 1. The van der Waals surface area contributed by atoms with Gasteiger partial charge in [0.2, 0.25) is 5.78 Å². The summed E-state index contributed by atoms with van der Waals surface area (Å²) in [5.41, 5.74) is 3.17. The predicted molar refractivity (Wildman–Crippen MR) is 141 cm³/mol. The number of carbonyl (C=O) groups excluding carboxylic acids is 2. The van der Waals surface area contributed by atoms with Gasteiger partial charge in [-0.3, -0.25) is 14.5 Å². The van der Waals surface area contributed by atoms with Crippen LogP contribution in [0.25, 0.3) is 11.0 Å². The maximum atomic E-state index is 13.9. The van der Waals surface area contributed by atoms with Crippen LogP contribution in [0.15, 0.2) is 76.4 Å². The average molecular weight is 518 g/mol. The normalized spacial score (nSPS) is 15.5. The minimum Gasteiger partial charge on any atom is -0.503 e. The Labute approximate surface area is 218 Å². The van der Waals surface area contributed by atoms with Gasteiger partial charge in [0, 0.05) is 22.2 Å². The number of aliphatic hydroxyl groups excluding tert-OH is 1. The largest absolute Gasteiger partial charge is 0.503 e. The van der Waals surface area contributed by atoms with Gasteiger partial charge in [0.25, 0.3) is 5.91 Å². The first-order valence-electron chi connectivity index (χ1n) is 11.5. The number of rotatable bonds is 6. The van der Waals surface area contributed by atoms with Gasteiger partial charge in [-0.1, -0.05) is 35.9 Å². The molecule has 1 atom stereocenters. The van der Waals surface area contributed by atoms with Crippen molar-refractivity contribution in [2.24, 2.45) is 0 Å². The van der Waals surface area contributed by atoms with Crippen molar-refractivity contribution in [1.82, 2.24) is 0 Å². The highest BCUT2D eigenvalue weighted by molar-refractivity contribution is 6.31. The number of Topliss-reactive ketones (excluding diaryl/α,β-unsaturated/α-hetero) is 1. The summed E-state index contributed by atoms with van der Waals surface area (Å²) in [5, 5.41) is 12.1. The molecule has 4 aromatic rings. The van der Waals surface area contributed by atoms with Gasteiger partial charge in [-0.15, -0.1) is 0 Å². The predicted octanol–water partition coefficient (Wildman–Crippen LogP) is 6.50. The number of nitrogens with zero attached hydrogens (tertiary/aromatic N) is 1. The highest BCUT2D eigenvalue weighted by Crippen LogP contribution is 2.44. The third-order valence-electron chi connectivity index (χ3n) is 6.48. The maximum Gasteiger partial charge on any atom is 0.294 e. The lowest BCUT2D eigenvalue weighted by atomic mass is 9.94. The van der Waals surface area contributed by atoms with Crippen LogP contribution in [0.3, 0.4) is 0 Å². The first-order valence-corrected chi connectivity index (χ1v) is 11.9. The first-order chi connectivity index (χ1) is 17.7. The topological polar surface area (TPSA) is 89.2 Å². The molecule has 0 saturated heterocycles. The molecule has 1 N–H and O–H groups in total. The molecule has 0 aliphatic carbocycles. The van der Waals surface area contributed by atoms with E-state index in [1.54, 1.807) is 36.4 Å². The number of aryl methyl sites for hydroxylation is 2. The number of hydrogen-bond acceptors (Lipinski definition) is 6. The lowest BCUT2D eigenvalue weighted by molar-refractivity contribution is -0.117. The maximum absolute atomic E-state index is 13.9. The van der Waals surface area contributed by atoms with E-state index in [1.807, 2.05) is 32.0 Å². The number of ether oxygens (including phenoxy) is 2. The number of ketones is 1. The van der Waals surface area contributed by atoms with E-state index in [0.717, 1.165) is 11.1 Å². The Hall–Kier alpha value is -4.23. The second-order valence-electron chi connectivity index (χ2n) is 8.87. The lowest BCUT2D eigenvalue weighted by Gasteiger charge is -2.28. The van der Waals surface area contributed by atoms with Crippen LogP contribution < -0.4 is 14.4 Å². The molecule has 0 spiro atoms. The summed E-state index contributed by atoms with van der Waals surface area (Å²) in [6.45, 7) is 3.78. The number of anilines is 1. The van der Waals surface area contributed by atoms with Crippen molar-refractivity contribution in [1.29, 1.82) is 0 Å². The van der Waals surface area contributed by atoms with E-state index in [4.69, 9.17) is 25.5 Å². The molecule has 1 unspecified atom stereocenters. The Morgan fingerprint density at radius 2 is 1.81 bits per heavy atom. The Bertz CT molecular complexity index is 1600. The number of aliphatic hydroxyl groups is 1. The molecule has 1 aliphatic heterocycles. The molecule has 37 heavy (non-hydrogen) atoms. The summed E-state index contributed by atoms with van der Waals surface area (Å²) >= 11 is 6.19. The zero-order valence-electron chi connectivity index (χ0n) is 20.7. The van der Waals surface area contributed by atoms with Crippen molar-refractivity contribution >= 4 is 39.9 Å². The number of fused-ring (bicyclic) bond motifs is 1. The molecule has 5 rings (SSSR count). The molecule has 3 aromatic carbocycles. The monoisotopic (exact) mass is 517 g/mol. The molecular weight excluding hydrogens is 494 g/mol. The van der Waals surface area contributed by atoms with Gasteiger partial charge >= 0.3 is 0 Å². The molecule has 7 nitrogen and oxygen atoms in total. The van der Waals surface area contributed by atoms with Crippen LogP contribution in [0.2, 0.25) is 5.02 Å². The minimum atomic E-state index is -0.922. The van der Waals surface area contributed by atoms with Crippen LogP contribution in [-0.4, -0.2) is 31.0 Å². The number of halogens is 1. The molecule has 0 radical (unpaired) electrons. The van der Waals surface area contributed by atoms with Crippen LogP contribution in [0, 0.1) is 13.8 Å². The molecule has 0 saturated carbocycles. The van der Waals surface area contributed by atoms with Crippen LogP contribution >= 0.6 is 11.6 Å². The highest BCUT2D eigenvalue weighted by Gasteiger charge is 2.46. The van der Waals surface area contributed by atoms with Crippen molar-refractivity contribution in [3.63, 3.8) is 0 Å². The zero-order valence-corrected chi connectivity index (χ0v) is 21.4. The molecule has 1 aromatic heterocycles. The van der Waals surface area contributed by atoms with Crippen LogP contribution in [0.1, 0.15) is 33.3 Å². The van der Waals surface area contributed by atoms with Crippen molar-refractivity contribution in [2.75, 3.05) is 19.1 Å². The summed E-state index contributed by atoms with van der Waals surface area (Å²) in [7, 11) is 3.01. The van der Waals surface area contributed by atoms with Crippen molar-refractivity contribution in [3.8, 4) is 11.5 Å². The number of amides is 1. The van der Waals surface area contributed by atoms with Crippen molar-refractivity contribution in [2.45, 2.75) is 19.9 Å². The number of benzene rings is 3. The summed E-state index contributed by atoms with van der Waals surface area (Å²) in [6.07, 6.45) is 0. The second-order valence-corrected chi connectivity index (χ2v) is 9.31. The SMILES string of the molecule is COc1cccc(C2C(C(=O)c3cc4cc(Cl)cc(OC)c4o3)=C(O)C(=O)N2c2cc(C)ccc2C)c1. The Morgan fingerprint density at radius 3 is 2.54 bits per heavy atom. The number of hydrogen-bond donors (Lipinski definition) is 1. The third kappa shape index (κ3) is 4.11. The van der Waals surface area contributed by atoms with E-state index >= 15 is 0 Å². The fourth-order valence-corrected chi connectivity index (χ4v) is 4.89. The van der Waals surface area contributed by atoms with Crippen molar-refractivity contribution < 1.29 is 28.6 Å².